The van der Waals surface area contributed by atoms with Crippen molar-refractivity contribution in [3.8, 4) is 5.75 Å². The summed E-state index contributed by atoms with van der Waals surface area (Å²) in [5.74, 6) is 1.02. The number of hydrogen-bond acceptors (Lipinski definition) is 3. The maximum absolute atomic E-state index is 10.5. The molecule has 0 fully saturated rings. The molecule has 4 nitrogen and oxygen atoms in total. The summed E-state index contributed by atoms with van der Waals surface area (Å²) >= 11 is 5.75. The summed E-state index contributed by atoms with van der Waals surface area (Å²) in [4.78, 5) is 10.0. The van der Waals surface area contributed by atoms with Crippen molar-refractivity contribution in [2.24, 2.45) is 5.92 Å². The Morgan fingerprint density at radius 1 is 1.56 bits per heavy atom. The summed E-state index contributed by atoms with van der Waals surface area (Å²) in [6, 6.07) is 4.39. The lowest BCUT2D eigenvalue weighted by molar-refractivity contribution is -0.384. The van der Waals surface area contributed by atoms with Crippen molar-refractivity contribution in [3.05, 3.63) is 33.3 Å². The Labute approximate surface area is 99.3 Å². The van der Waals surface area contributed by atoms with E-state index in [-0.39, 0.29) is 10.7 Å². The van der Waals surface area contributed by atoms with E-state index in [9.17, 15) is 10.1 Å². The smallest absolute Gasteiger partial charge is 0.288 e. The average molecular weight is 244 g/mol. The van der Waals surface area contributed by atoms with Crippen LogP contribution in [0, 0.1) is 16.0 Å². The normalized spacial score (nSPS) is 12.2. The lowest BCUT2D eigenvalue weighted by Crippen LogP contribution is -2.07. The Bertz CT molecular complexity index is 381. The van der Waals surface area contributed by atoms with Gasteiger partial charge in [-0.1, -0.05) is 31.9 Å². The van der Waals surface area contributed by atoms with Crippen LogP contribution in [0.25, 0.3) is 0 Å². The molecule has 0 aliphatic heterocycles. The minimum Gasteiger partial charge on any atom is -0.493 e. The monoisotopic (exact) mass is 243 g/mol. The van der Waals surface area contributed by atoms with E-state index in [1.54, 1.807) is 6.07 Å². The highest BCUT2D eigenvalue weighted by atomic mass is 35.5. The van der Waals surface area contributed by atoms with E-state index in [0.717, 1.165) is 6.42 Å². The van der Waals surface area contributed by atoms with Crippen LogP contribution in [0.15, 0.2) is 18.2 Å². The van der Waals surface area contributed by atoms with Crippen LogP contribution in [0.2, 0.25) is 5.02 Å². The van der Waals surface area contributed by atoms with E-state index in [2.05, 4.69) is 13.8 Å². The van der Waals surface area contributed by atoms with Crippen molar-refractivity contribution in [1.82, 2.24) is 0 Å². The Kier molecular flexibility index (Phi) is 4.55. The number of halogens is 1. The highest BCUT2D eigenvalue weighted by Crippen LogP contribution is 2.28. The summed E-state index contributed by atoms with van der Waals surface area (Å²) in [5.41, 5.74) is -0.0995. The van der Waals surface area contributed by atoms with Crippen LogP contribution in [-0.4, -0.2) is 11.5 Å². The molecule has 16 heavy (non-hydrogen) atoms. The fourth-order valence-electron chi connectivity index (χ4n) is 1.08. The van der Waals surface area contributed by atoms with Crippen molar-refractivity contribution in [3.63, 3.8) is 0 Å². The van der Waals surface area contributed by atoms with Gasteiger partial charge < -0.3 is 4.74 Å². The van der Waals surface area contributed by atoms with E-state index in [1.165, 1.54) is 12.1 Å². The highest BCUT2D eigenvalue weighted by Gasteiger charge is 2.12. The number of ether oxygens (including phenoxy) is 1. The van der Waals surface area contributed by atoms with Gasteiger partial charge in [-0.05, 0) is 12.0 Å². The van der Waals surface area contributed by atoms with Gasteiger partial charge in [0.1, 0.15) is 10.8 Å². The van der Waals surface area contributed by atoms with Gasteiger partial charge >= 0.3 is 0 Å². The molecule has 1 aromatic rings. The molecule has 0 aliphatic rings. The first-order chi connectivity index (χ1) is 7.54. The third kappa shape index (κ3) is 3.38. The van der Waals surface area contributed by atoms with Crippen molar-refractivity contribution >= 4 is 17.3 Å². The lowest BCUT2D eigenvalue weighted by atomic mass is 10.1. The fraction of sp³-hybridized carbons (Fsp3) is 0.455. The number of nitro benzene ring substituents is 1. The van der Waals surface area contributed by atoms with Gasteiger partial charge in [0, 0.05) is 12.1 Å². The van der Waals surface area contributed by atoms with Crippen molar-refractivity contribution < 1.29 is 9.66 Å². The minimum absolute atomic E-state index is 0.0995. The molecule has 5 heteroatoms. The molecule has 0 radical (unpaired) electrons. The van der Waals surface area contributed by atoms with Gasteiger partial charge in [0.15, 0.2) is 0 Å². The zero-order valence-corrected chi connectivity index (χ0v) is 10.0. The fourth-order valence-corrected chi connectivity index (χ4v) is 1.32. The molecular formula is C11H14ClNO3. The van der Waals surface area contributed by atoms with Crippen molar-refractivity contribution in [2.45, 2.75) is 20.3 Å². The molecule has 1 unspecified atom stereocenters. The molecular weight excluding hydrogens is 230 g/mol. The molecule has 0 N–H and O–H groups in total. The topological polar surface area (TPSA) is 52.4 Å². The second-order valence-corrected chi connectivity index (χ2v) is 4.10. The minimum atomic E-state index is -0.513. The molecule has 1 aromatic carbocycles. The Hall–Kier alpha value is -1.29. The standard InChI is InChI=1S/C11H14ClNO3/c1-3-8(2)7-16-9-4-5-11(13(14)15)10(12)6-9/h4-6,8H,3,7H2,1-2H3. The average Bonchev–Trinajstić information content (AvgIpc) is 2.25. The number of benzene rings is 1. The first kappa shape index (κ1) is 12.8. The van der Waals surface area contributed by atoms with E-state index < -0.39 is 4.92 Å². The quantitative estimate of drug-likeness (QED) is 0.586. The number of rotatable bonds is 5. The maximum atomic E-state index is 10.5. The van der Waals surface area contributed by atoms with E-state index in [1.807, 2.05) is 0 Å². The molecule has 0 aliphatic carbocycles. The summed E-state index contributed by atoms with van der Waals surface area (Å²) in [5, 5.41) is 10.6. The summed E-state index contributed by atoms with van der Waals surface area (Å²) < 4.78 is 5.47. The molecule has 0 aromatic heterocycles. The van der Waals surface area contributed by atoms with E-state index in [0.29, 0.717) is 18.3 Å². The van der Waals surface area contributed by atoms with Gasteiger partial charge in [-0.2, -0.15) is 0 Å². The Morgan fingerprint density at radius 2 is 2.25 bits per heavy atom. The zero-order chi connectivity index (χ0) is 12.1. The number of nitro groups is 1. The zero-order valence-electron chi connectivity index (χ0n) is 9.27. The Balaban J connectivity index is 2.70. The van der Waals surface area contributed by atoms with Crippen LogP contribution in [-0.2, 0) is 0 Å². The third-order valence-corrected chi connectivity index (χ3v) is 2.65. The molecule has 0 saturated carbocycles. The first-order valence-electron chi connectivity index (χ1n) is 5.11. The van der Waals surface area contributed by atoms with Crippen molar-refractivity contribution in [1.29, 1.82) is 0 Å². The predicted molar refractivity (Wildman–Crippen MR) is 63.1 cm³/mol. The van der Waals surface area contributed by atoms with Gasteiger partial charge in [-0.25, -0.2) is 0 Å². The Morgan fingerprint density at radius 3 is 2.75 bits per heavy atom. The van der Waals surface area contributed by atoms with E-state index in [4.69, 9.17) is 16.3 Å². The van der Waals surface area contributed by atoms with Gasteiger partial charge in [-0.3, -0.25) is 10.1 Å². The third-order valence-electron chi connectivity index (χ3n) is 2.35. The van der Waals surface area contributed by atoms with Gasteiger partial charge in [0.05, 0.1) is 11.5 Å². The van der Waals surface area contributed by atoms with Crippen molar-refractivity contribution in [2.75, 3.05) is 6.61 Å². The van der Waals surface area contributed by atoms with Crippen LogP contribution in [0.1, 0.15) is 20.3 Å². The first-order valence-corrected chi connectivity index (χ1v) is 5.49. The second kappa shape index (κ2) is 5.70. The van der Waals surface area contributed by atoms with Gasteiger partial charge in [-0.15, -0.1) is 0 Å². The summed E-state index contributed by atoms with van der Waals surface area (Å²) in [6.07, 6.45) is 1.03. The number of hydrogen-bond donors (Lipinski definition) is 0. The second-order valence-electron chi connectivity index (χ2n) is 3.69. The van der Waals surface area contributed by atoms with Crippen LogP contribution in [0.5, 0.6) is 5.75 Å². The van der Waals surface area contributed by atoms with Gasteiger partial charge in [0.25, 0.3) is 5.69 Å². The largest absolute Gasteiger partial charge is 0.493 e. The SMILES string of the molecule is CCC(C)COc1ccc([N+](=O)[O-])c(Cl)c1. The molecule has 0 saturated heterocycles. The lowest BCUT2D eigenvalue weighted by Gasteiger charge is -2.10. The molecule has 0 spiro atoms. The molecule has 1 rings (SSSR count). The van der Waals surface area contributed by atoms with Crippen LogP contribution >= 0.6 is 11.6 Å². The van der Waals surface area contributed by atoms with Crippen LogP contribution < -0.4 is 4.74 Å². The number of nitrogens with zero attached hydrogens (tertiary/aromatic N) is 1. The van der Waals surface area contributed by atoms with E-state index >= 15 is 0 Å². The molecule has 0 bridgehead atoms. The highest BCUT2D eigenvalue weighted by molar-refractivity contribution is 6.32. The summed E-state index contributed by atoms with van der Waals surface area (Å²) in [7, 11) is 0. The van der Waals surface area contributed by atoms with Crippen LogP contribution in [0.4, 0.5) is 5.69 Å². The molecule has 0 heterocycles. The van der Waals surface area contributed by atoms with Gasteiger partial charge in [0.2, 0.25) is 0 Å². The predicted octanol–water partition coefficient (Wildman–Crippen LogP) is 3.67. The summed E-state index contributed by atoms with van der Waals surface area (Å²) in [6.45, 7) is 4.74. The molecule has 1 atom stereocenters. The molecule has 88 valence electrons. The van der Waals surface area contributed by atoms with Crippen LogP contribution in [0.3, 0.4) is 0 Å². The molecule has 0 amide bonds. The maximum Gasteiger partial charge on any atom is 0.288 e.